The summed E-state index contributed by atoms with van der Waals surface area (Å²) >= 11 is 0. The van der Waals surface area contributed by atoms with Crippen molar-refractivity contribution in [1.29, 1.82) is 0 Å². The zero-order valence-electron chi connectivity index (χ0n) is 19.2. The summed E-state index contributed by atoms with van der Waals surface area (Å²) in [5, 5.41) is 2.89. The van der Waals surface area contributed by atoms with Crippen LogP contribution in [0.3, 0.4) is 0 Å². The van der Waals surface area contributed by atoms with Crippen molar-refractivity contribution < 1.29 is 19.1 Å². The molecule has 6 heteroatoms. The number of carbonyl (C=O) groups excluding carboxylic acids is 2. The monoisotopic (exact) mass is 424 g/mol. The molecule has 2 aromatic rings. The SMILES string of the molecule is COc1cc(/C=C/C(=O)N(C)CC(=O)Nc2c(C)cccc2C)ccc1OCC(C)C. The van der Waals surface area contributed by atoms with E-state index in [-0.39, 0.29) is 18.4 Å². The predicted molar refractivity (Wildman–Crippen MR) is 125 cm³/mol. The smallest absolute Gasteiger partial charge is 0.246 e. The molecule has 0 heterocycles. The highest BCUT2D eigenvalue weighted by atomic mass is 16.5. The van der Waals surface area contributed by atoms with Gasteiger partial charge >= 0.3 is 0 Å². The Kier molecular flexibility index (Phi) is 8.67. The van der Waals surface area contributed by atoms with Crippen LogP contribution in [-0.2, 0) is 9.59 Å². The van der Waals surface area contributed by atoms with E-state index < -0.39 is 0 Å². The Morgan fingerprint density at radius 3 is 2.39 bits per heavy atom. The average molecular weight is 425 g/mol. The number of amides is 2. The molecule has 0 aromatic heterocycles. The van der Waals surface area contributed by atoms with Gasteiger partial charge in [-0.2, -0.15) is 0 Å². The molecule has 166 valence electrons. The number of carbonyl (C=O) groups is 2. The Morgan fingerprint density at radius 1 is 1.10 bits per heavy atom. The average Bonchev–Trinajstić information content (AvgIpc) is 2.73. The Hall–Kier alpha value is -3.28. The molecule has 2 amide bonds. The van der Waals surface area contributed by atoms with Gasteiger partial charge in [0.25, 0.3) is 0 Å². The third-order valence-electron chi connectivity index (χ3n) is 4.68. The highest BCUT2D eigenvalue weighted by molar-refractivity contribution is 5.98. The second-order valence-corrected chi connectivity index (χ2v) is 7.96. The van der Waals surface area contributed by atoms with Crippen molar-refractivity contribution in [2.24, 2.45) is 5.92 Å². The van der Waals surface area contributed by atoms with E-state index in [0.717, 1.165) is 22.4 Å². The number of rotatable bonds is 9. The molecule has 0 atom stereocenters. The van der Waals surface area contributed by atoms with Crippen LogP contribution in [0.4, 0.5) is 5.69 Å². The quantitative estimate of drug-likeness (QED) is 0.604. The number of methoxy groups -OCH3 is 1. The van der Waals surface area contributed by atoms with Crippen LogP contribution in [-0.4, -0.2) is 44.0 Å². The van der Waals surface area contributed by atoms with Gasteiger partial charge in [-0.05, 0) is 54.7 Å². The summed E-state index contributed by atoms with van der Waals surface area (Å²) in [7, 11) is 3.18. The Labute approximate surface area is 184 Å². The lowest BCUT2D eigenvalue weighted by molar-refractivity contribution is -0.129. The number of anilines is 1. The Bertz CT molecular complexity index is 930. The van der Waals surface area contributed by atoms with Crippen LogP contribution in [0.2, 0.25) is 0 Å². The number of ether oxygens (including phenoxy) is 2. The molecule has 0 saturated carbocycles. The van der Waals surface area contributed by atoms with E-state index in [1.54, 1.807) is 20.2 Å². The van der Waals surface area contributed by atoms with Crippen LogP contribution in [0.25, 0.3) is 6.08 Å². The molecule has 0 radical (unpaired) electrons. The van der Waals surface area contributed by atoms with Crippen LogP contribution in [0.5, 0.6) is 11.5 Å². The first-order chi connectivity index (χ1) is 14.7. The number of nitrogens with zero attached hydrogens (tertiary/aromatic N) is 1. The summed E-state index contributed by atoms with van der Waals surface area (Å²) < 4.78 is 11.1. The molecule has 0 fully saturated rings. The minimum Gasteiger partial charge on any atom is -0.493 e. The van der Waals surface area contributed by atoms with Gasteiger partial charge in [0.1, 0.15) is 0 Å². The van der Waals surface area contributed by atoms with E-state index in [1.165, 1.54) is 11.0 Å². The fourth-order valence-electron chi connectivity index (χ4n) is 2.94. The van der Waals surface area contributed by atoms with Gasteiger partial charge in [0.2, 0.25) is 11.8 Å². The van der Waals surface area contributed by atoms with Crippen molar-refractivity contribution >= 4 is 23.6 Å². The zero-order valence-corrected chi connectivity index (χ0v) is 19.2. The van der Waals surface area contributed by atoms with Gasteiger partial charge in [-0.15, -0.1) is 0 Å². The van der Waals surface area contributed by atoms with Crippen molar-refractivity contribution in [3.05, 3.63) is 59.2 Å². The molecule has 0 spiro atoms. The van der Waals surface area contributed by atoms with Crippen molar-refractivity contribution in [2.45, 2.75) is 27.7 Å². The number of hydrogen-bond acceptors (Lipinski definition) is 4. The lowest BCUT2D eigenvalue weighted by atomic mass is 10.1. The molecule has 1 N–H and O–H groups in total. The van der Waals surface area contributed by atoms with E-state index >= 15 is 0 Å². The van der Waals surface area contributed by atoms with Gasteiger partial charge in [-0.25, -0.2) is 0 Å². The predicted octanol–water partition coefficient (Wildman–Crippen LogP) is 4.46. The fraction of sp³-hybridized carbons (Fsp3) is 0.360. The fourth-order valence-corrected chi connectivity index (χ4v) is 2.94. The van der Waals surface area contributed by atoms with Gasteiger partial charge in [0, 0.05) is 18.8 Å². The van der Waals surface area contributed by atoms with E-state index in [2.05, 4.69) is 19.2 Å². The number of likely N-dealkylation sites (N-methyl/N-ethyl adjacent to an activating group) is 1. The molecule has 0 bridgehead atoms. The highest BCUT2D eigenvalue weighted by Crippen LogP contribution is 2.29. The van der Waals surface area contributed by atoms with Crippen molar-refractivity contribution in [2.75, 3.05) is 32.6 Å². The van der Waals surface area contributed by atoms with Gasteiger partial charge in [0.15, 0.2) is 11.5 Å². The standard InChI is InChI=1S/C25H32N2O4/c1-17(2)16-31-21-12-10-20(14-22(21)30-6)11-13-24(29)27(5)15-23(28)26-25-18(3)8-7-9-19(25)4/h7-14,17H,15-16H2,1-6H3,(H,26,28)/b13-11+. The zero-order chi connectivity index (χ0) is 23.0. The first-order valence-electron chi connectivity index (χ1n) is 10.3. The Balaban J connectivity index is 1.98. The summed E-state index contributed by atoms with van der Waals surface area (Å²) in [5.74, 6) is 1.17. The lowest BCUT2D eigenvalue weighted by Crippen LogP contribution is -2.34. The van der Waals surface area contributed by atoms with Gasteiger partial charge < -0.3 is 19.7 Å². The molecule has 31 heavy (non-hydrogen) atoms. The van der Waals surface area contributed by atoms with Gasteiger partial charge in [-0.3, -0.25) is 9.59 Å². The maximum absolute atomic E-state index is 12.4. The summed E-state index contributed by atoms with van der Waals surface area (Å²) in [5.41, 5.74) is 3.56. The third-order valence-corrected chi connectivity index (χ3v) is 4.68. The van der Waals surface area contributed by atoms with Crippen LogP contribution in [0.15, 0.2) is 42.5 Å². The maximum atomic E-state index is 12.4. The minimum atomic E-state index is -0.268. The van der Waals surface area contributed by atoms with E-state index in [4.69, 9.17) is 9.47 Å². The molecular weight excluding hydrogens is 392 g/mol. The third kappa shape index (κ3) is 7.17. The van der Waals surface area contributed by atoms with E-state index in [0.29, 0.717) is 24.0 Å². The molecule has 0 aliphatic heterocycles. The van der Waals surface area contributed by atoms with Crippen LogP contribution >= 0.6 is 0 Å². The summed E-state index contributed by atoms with van der Waals surface area (Å²) in [6.45, 7) is 8.59. The Morgan fingerprint density at radius 2 is 1.77 bits per heavy atom. The minimum absolute atomic E-state index is 0.0394. The first kappa shape index (κ1) is 24.0. The number of aryl methyl sites for hydroxylation is 2. The summed E-state index contributed by atoms with van der Waals surface area (Å²) in [4.78, 5) is 26.2. The van der Waals surface area contributed by atoms with Crippen molar-refractivity contribution in [3.8, 4) is 11.5 Å². The van der Waals surface area contributed by atoms with E-state index in [9.17, 15) is 9.59 Å². The molecule has 6 nitrogen and oxygen atoms in total. The van der Waals surface area contributed by atoms with Crippen molar-refractivity contribution in [1.82, 2.24) is 4.90 Å². The molecular formula is C25H32N2O4. The molecule has 2 rings (SSSR count). The van der Waals surface area contributed by atoms with Gasteiger partial charge in [0.05, 0.1) is 20.3 Å². The highest BCUT2D eigenvalue weighted by Gasteiger charge is 2.13. The lowest BCUT2D eigenvalue weighted by Gasteiger charge is -2.17. The van der Waals surface area contributed by atoms with E-state index in [1.807, 2.05) is 50.2 Å². The number of nitrogens with one attached hydrogen (secondary N) is 1. The largest absolute Gasteiger partial charge is 0.493 e. The maximum Gasteiger partial charge on any atom is 0.246 e. The number of hydrogen-bond donors (Lipinski definition) is 1. The van der Waals surface area contributed by atoms with Crippen LogP contribution in [0.1, 0.15) is 30.5 Å². The molecule has 0 aliphatic rings. The number of benzene rings is 2. The number of para-hydroxylation sites is 1. The van der Waals surface area contributed by atoms with Crippen molar-refractivity contribution in [3.63, 3.8) is 0 Å². The molecule has 0 saturated heterocycles. The topological polar surface area (TPSA) is 67.9 Å². The first-order valence-corrected chi connectivity index (χ1v) is 10.3. The van der Waals surface area contributed by atoms with Crippen LogP contribution in [0, 0.1) is 19.8 Å². The molecule has 0 unspecified atom stereocenters. The summed E-state index contributed by atoms with van der Waals surface area (Å²) in [6.07, 6.45) is 3.13. The summed E-state index contributed by atoms with van der Waals surface area (Å²) in [6, 6.07) is 11.3. The second kappa shape index (κ2) is 11.2. The van der Waals surface area contributed by atoms with Gasteiger partial charge in [-0.1, -0.05) is 38.1 Å². The normalized spacial score (nSPS) is 10.9. The molecule has 2 aromatic carbocycles. The second-order valence-electron chi connectivity index (χ2n) is 7.96. The van der Waals surface area contributed by atoms with Crippen LogP contribution < -0.4 is 14.8 Å². The molecule has 0 aliphatic carbocycles.